The maximum Gasteiger partial charge on any atom is -0.0130 e. The Morgan fingerprint density at radius 3 is 2.14 bits per heavy atom. The Labute approximate surface area is 127 Å². The first-order valence-corrected chi connectivity index (χ1v) is 8.00. The molecular weight excluding hydrogens is 252 g/mol. The van der Waals surface area contributed by atoms with Crippen LogP contribution in [0.1, 0.15) is 37.7 Å². The fourth-order valence-electron chi connectivity index (χ4n) is 2.98. The van der Waals surface area contributed by atoms with Crippen molar-refractivity contribution in [2.75, 3.05) is 0 Å². The number of allylic oxidation sites excluding steroid dienone is 1. The molecule has 0 saturated heterocycles. The minimum Gasteiger partial charge on any atom is -0.124 e. The van der Waals surface area contributed by atoms with Crippen LogP contribution in [-0.2, 0) is 0 Å². The summed E-state index contributed by atoms with van der Waals surface area (Å²) in [7, 11) is 0. The summed E-state index contributed by atoms with van der Waals surface area (Å²) >= 11 is 0. The first-order chi connectivity index (χ1) is 10.4. The summed E-state index contributed by atoms with van der Waals surface area (Å²) in [6.45, 7) is 0. The Balaban J connectivity index is 1.68. The average Bonchev–Trinajstić information content (AvgIpc) is 2.57. The molecule has 0 unspecified atom stereocenters. The van der Waals surface area contributed by atoms with Crippen molar-refractivity contribution in [2.24, 2.45) is 5.92 Å². The van der Waals surface area contributed by atoms with E-state index < -0.39 is 0 Å². The third-order valence-electron chi connectivity index (χ3n) is 4.25. The van der Waals surface area contributed by atoms with Crippen molar-refractivity contribution in [2.45, 2.75) is 32.1 Å². The largest absolute Gasteiger partial charge is 0.124 e. The quantitative estimate of drug-likeness (QED) is 0.593. The Morgan fingerprint density at radius 1 is 0.762 bits per heavy atom. The maximum atomic E-state index is 3.38. The smallest absolute Gasteiger partial charge is 0.0130 e. The van der Waals surface area contributed by atoms with E-state index >= 15 is 0 Å². The molecule has 1 saturated carbocycles. The summed E-state index contributed by atoms with van der Waals surface area (Å²) in [5.74, 6) is 0.749. The van der Waals surface area contributed by atoms with E-state index in [1.807, 2.05) is 0 Å². The normalized spacial score (nSPS) is 15.2. The Kier molecular flexibility index (Phi) is 4.71. The van der Waals surface area contributed by atoms with Crippen LogP contribution < -0.4 is 0 Å². The third kappa shape index (κ3) is 3.97. The zero-order chi connectivity index (χ0) is 14.3. The molecule has 0 radical (unpaired) electrons. The number of hydrogen-bond acceptors (Lipinski definition) is 0. The molecule has 0 spiro atoms. The molecule has 0 atom stereocenters. The van der Waals surface area contributed by atoms with Gasteiger partial charge in [0.2, 0.25) is 0 Å². The fraction of sp³-hybridized carbons (Fsp3) is 0.286. The Bertz CT molecular complexity index is 607. The van der Waals surface area contributed by atoms with Crippen LogP contribution in [0.4, 0.5) is 0 Å². The topological polar surface area (TPSA) is 0 Å². The van der Waals surface area contributed by atoms with Crippen LogP contribution in [0.2, 0.25) is 0 Å². The molecule has 2 aromatic carbocycles. The molecule has 0 heterocycles. The highest BCUT2D eigenvalue weighted by atomic mass is 14.1. The monoisotopic (exact) mass is 274 g/mol. The van der Waals surface area contributed by atoms with E-state index in [9.17, 15) is 0 Å². The van der Waals surface area contributed by atoms with Gasteiger partial charge in [-0.05, 0) is 47.6 Å². The van der Waals surface area contributed by atoms with Crippen LogP contribution in [0.5, 0.6) is 0 Å². The van der Waals surface area contributed by atoms with Gasteiger partial charge in [0, 0.05) is 0 Å². The second-order valence-electron chi connectivity index (χ2n) is 5.86. The van der Waals surface area contributed by atoms with Crippen LogP contribution >= 0.6 is 0 Å². The SMILES string of the molecule is C(=Cc1ccc(-c2ccccc2)cc1)=CC1CCCCC1. The molecule has 0 aromatic heterocycles. The number of benzene rings is 2. The van der Waals surface area contributed by atoms with Gasteiger partial charge in [-0.25, -0.2) is 0 Å². The van der Waals surface area contributed by atoms with Gasteiger partial charge in [0.05, 0.1) is 0 Å². The van der Waals surface area contributed by atoms with Crippen molar-refractivity contribution >= 4 is 6.08 Å². The van der Waals surface area contributed by atoms with E-state index in [0.29, 0.717) is 0 Å². The highest BCUT2D eigenvalue weighted by molar-refractivity contribution is 5.65. The van der Waals surface area contributed by atoms with Gasteiger partial charge in [0.15, 0.2) is 0 Å². The molecule has 0 amide bonds. The van der Waals surface area contributed by atoms with Crippen LogP contribution in [-0.4, -0.2) is 0 Å². The highest BCUT2D eigenvalue weighted by Gasteiger charge is 2.09. The van der Waals surface area contributed by atoms with Gasteiger partial charge >= 0.3 is 0 Å². The van der Waals surface area contributed by atoms with E-state index in [1.165, 1.54) is 48.8 Å². The van der Waals surface area contributed by atoms with Gasteiger partial charge in [-0.15, -0.1) is 5.73 Å². The second-order valence-corrected chi connectivity index (χ2v) is 5.86. The molecule has 0 bridgehead atoms. The van der Waals surface area contributed by atoms with Crippen molar-refractivity contribution in [1.29, 1.82) is 0 Å². The summed E-state index contributed by atoms with van der Waals surface area (Å²) in [5, 5.41) is 0. The molecule has 2 aromatic rings. The lowest BCUT2D eigenvalue weighted by Gasteiger charge is -2.16. The summed E-state index contributed by atoms with van der Waals surface area (Å²) in [4.78, 5) is 0. The first-order valence-electron chi connectivity index (χ1n) is 8.00. The van der Waals surface area contributed by atoms with Gasteiger partial charge in [0.1, 0.15) is 0 Å². The lowest BCUT2D eigenvalue weighted by atomic mass is 9.89. The molecule has 3 rings (SSSR count). The molecule has 1 aliphatic rings. The fourth-order valence-corrected chi connectivity index (χ4v) is 2.98. The van der Waals surface area contributed by atoms with Crippen molar-refractivity contribution in [1.82, 2.24) is 0 Å². The molecule has 0 N–H and O–H groups in total. The minimum atomic E-state index is 0.749. The van der Waals surface area contributed by atoms with Gasteiger partial charge < -0.3 is 0 Å². The molecule has 1 aliphatic carbocycles. The second kappa shape index (κ2) is 7.11. The van der Waals surface area contributed by atoms with Gasteiger partial charge in [-0.3, -0.25) is 0 Å². The predicted octanol–water partition coefficient (Wildman–Crippen LogP) is 6.10. The molecule has 106 valence electrons. The van der Waals surface area contributed by atoms with Gasteiger partial charge in [-0.2, -0.15) is 0 Å². The van der Waals surface area contributed by atoms with Crippen LogP contribution in [0.15, 0.2) is 66.4 Å². The first kappa shape index (κ1) is 13.9. The summed E-state index contributed by atoms with van der Waals surface area (Å²) < 4.78 is 0. The molecule has 1 fully saturated rings. The predicted molar refractivity (Wildman–Crippen MR) is 91.0 cm³/mol. The Hall–Kier alpha value is -2.04. The highest BCUT2D eigenvalue weighted by Crippen LogP contribution is 2.24. The number of rotatable bonds is 3. The third-order valence-corrected chi connectivity index (χ3v) is 4.25. The van der Waals surface area contributed by atoms with Gasteiger partial charge in [-0.1, -0.05) is 73.9 Å². The van der Waals surface area contributed by atoms with Crippen molar-refractivity contribution in [3.8, 4) is 11.1 Å². The molecular formula is C21H22. The summed E-state index contributed by atoms with van der Waals surface area (Å²) in [5.41, 5.74) is 7.14. The average molecular weight is 274 g/mol. The van der Waals surface area contributed by atoms with E-state index in [0.717, 1.165) is 5.92 Å². The standard InChI is InChI=1S/C21H22/c1-3-8-18(9-4-1)10-7-11-19-14-16-21(17-15-19)20-12-5-2-6-13-20/h2,5-6,10-18H,1,3-4,8-9H2. The van der Waals surface area contributed by atoms with Crippen LogP contribution in [0.3, 0.4) is 0 Å². The van der Waals surface area contributed by atoms with E-state index in [4.69, 9.17) is 0 Å². The maximum absolute atomic E-state index is 3.38. The van der Waals surface area contributed by atoms with Crippen molar-refractivity contribution in [3.63, 3.8) is 0 Å². The van der Waals surface area contributed by atoms with E-state index in [1.54, 1.807) is 0 Å². The van der Waals surface area contributed by atoms with Crippen LogP contribution in [0.25, 0.3) is 17.2 Å². The summed E-state index contributed by atoms with van der Waals surface area (Å²) in [6.07, 6.45) is 11.2. The van der Waals surface area contributed by atoms with E-state index in [-0.39, 0.29) is 0 Å². The lowest BCUT2D eigenvalue weighted by molar-refractivity contribution is 0.420. The Morgan fingerprint density at radius 2 is 1.43 bits per heavy atom. The minimum absolute atomic E-state index is 0.749. The van der Waals surface area contributed by atoms with E-state index in [2.05, 4.69) is 72.5 Å². The van der Waals surface area contributed by atoms with Gasteiger partial charge in [0.25, 0.3) is 0 Å². The zero-order valence-corrected chi connectivity index (χ0v) is 12.5. The molecule has 0 aliphatic heterocycles. The molecule has 0 heteroatoms. The van der Waals surface area contributed by atoms with Crippen LogP contribution in [0, 0.1) is 5.92 Å². The lowest BCUT2D eigenvalue weighted by Crippen LogP contribution is -2.01. The molecule has 0 nitrogen and oxygen atoms in total. The zero-order valence-electron chi connectivity index (χ0n) is 12.5. The molecule has 21 heavy (non-hydrogen) atoms. The van der Waals surface area contributed by atoms with Crippen molar-refractivity contribution in [3.05, 3.63) is 72.0 Å². The summed E-state index contributed by atoms with van der Waals surface area (Å²) in [6, 6.07) is 19.2. The number of hydrogen-bond donors (Lipinski definition) is 0. The van der Waals surface area contributed by atoms with Crippen molar-refractivity contribution < 1.29 is 0 Å².